The SMILES string of the molecule is CCCCOc1ccc(S(=O)(=O)Nc2ccc(Oc3cc(-n4cccc4)ncn3)cc2)cc1. The normalized spacial score (nSPS) is 11.2. The molecule has 0 atom stereocenters. The summed E-state index contributed by atoms with van der Waals surface area (Å²) in [5.74, 6) is 2.22. The van der Waals surface area contributed by atoms with Crippen LogP contribution in [0.1, 0.15) is 19.8 Å². The minimum absolute atomic E-state index is 0.157. The zero-order valence-electron chi connectivity index (χ0n) is 18.1. The van der Waals surface area contributed by atoms with E-state index in [4.69, 9.17) is 9.47 Å². The third kappa shape index (κ3) is 5.89. The molecule has 2 aromatic carbocycles. The van der Waals surface area contributed by atoms with E-state index in [-0.39, 0.29) is 4.90 Å². The van der Waals surface area contributed by atoms with Crippen LogP contribution in [-0.4, -0.2) is 29.6 Å². The van der Waals surface area contributed by atoms with Crippen molar-refractivity contribution in [3.05, 3.63) is 85.5 Å². The second-order valence-corrected chi connectivity index (χ2v) is 8.89. The minimum atomic E-state index is -3.73. The molecule has 0 aliphatic rings. The van der Waals surface area contributed by atoms with E-state index in [9.17, 15) is 8.42 Å². The van der Waals surface area contributed by atoms with Crippen LogP contribution in [0.3, 0.4) is 0 Å². The molecule has 0 aliphatic carbocycles. The molecular weight excluding hydrogens is 440 g/mol. The van der Waals surface area contributed by atoms with Gasteiger partial charge in [-0.25, -0.2) is 18.4 Å². The van der Waals surface area contributed by atoms with Gasteiger partial charge in [-0.05, 0) is 67.1 Å². The molecule has 33 heavy (non-hydrogen) atoms. The van der Waals surface area contributed by atoms with Crippen molar-refractivity contribution < 1.29 is 17.9 Å². The molecule has 0 spiro atoms. The maximum atomic E-state index is 12.7. The quantitative estimate of drug-likeness (QED) is 0.330. The van der Waals surface area contributed by atoms with Crippen LogP contribution in [0.25, 0.3) is 5.82 Å². The van der Waals surface area contributed by atoms with E-state index in [2.05, 4.69) is 21.6 Å². The Morgan fingerprint density at radius 1 is 0.939 bits per heavy atom. The van der Waals surface area contributed by atoms with Crippen molar-refractivity contribution in [1.82, 2.24) is 14.5 Å². The van der Waals surface area contributed by atoms with Crippen molar-refractivity contribution in [1.29, 1.82) is 0 Å². The number of rotatable bonds is 10. The highest BCUT2D eigenvalue weighted by molar-refractivity contribution is 7.92. The summed E-state index contributed by atoms with van der Waals surface area (Å²) in [6.45, 7) is 2.69. The molecule has 0 aliphatic heterocycles. The molecule has 0 saturated heterocycles. The Morgan fingerprint density at radius 2 is 1.64 bits per heavy atom. The van der Waals surface area contributed by atoms with Crippen molar-refractivity contribution in [3.63, 3.8) is 0 Å². The molecule has 0 amide bonds. The highest BCUT2D eigenvalue weighted by Gasteiger charge is 2.14. The van der Waals surface area contributed by atoms with E-state index in [1.165, 1.54) is 18.5 Å². The van der Waals surface area contributed by atoms with E-state index in [0.717, 1.165) is 12.8 Å². The number of nitrogens with zero attached hydrogens (tertiary/aromatic N) is 3. The summed E-state index contributed by atoms with van der Waals surface area (Å²) >= 11 is 0. The topological polar surface area (TPSA) is 95.3 Å². The molecule has 9 heteroatoms. The summed E-state index contributed by atoms with van der Waals surface area (Å²) in [5.41, 5.74) is 0.418. The third-order valence-corrected chi connectivity index (χ3v) is 6.12. The standard InChI is InChI=1S/C24H24N4O4S/c1-2-3-16-31-20-10-12-22(13-11-20)33(29,30)27-19-6-8-21(9-7-19)32-24-17-23(25-18-26-24)28-14-4-5-15-28/h4-15,17-18,27H,2-3,16H2,1H3. The van der Waals surface area contributed by atoms with E-state index in [1.54, 1.807) is 42.5 Å². The molecular formula is C24H24N4O4S. The Morgan fingerprint density at radius 3 is 2.33 bits per heavy atom. The number of nitrogens with one attached hydrogen (secondary N) is 1. The van der Waals surface area contributed by atoms with E-state index < -0.39 is 10.0 Å². The minimum Gasteiger partial charge on any atom is -0.494 e. The van der Waals surface area contributed by atoms with Crippen LogP contribution in [0.15, 0.2) is 90.3 Å². The fourth-order valence-corrected chi connectivity index (χ4v) is 4.05. The van der Waals surface area contributed by atoms with Crippen LogP contribution in [0, 0.1) is 0 Å². The maximum Gasteiger partial charge on any atom is 0.261 e. The first-order valence-corrected chi connectivity index (χ1v) is 12.0. The first-order valence-electron chi connectivity index (χ1n) is 10.5. The summed E-state index contributed by atoms with van der Waals surface area (Å²) in [7, 11) is -3.73. The Labute approximate surface area is 192 Å². The number of benzene rings is 2. The molecule has 0 bridgehead atoms. The van der Waals surface area contributed by atoms with Crippen LogP contribution >= 0.6 is 0 Å². The summed E-state index contributed by atoms with van der Waals surface area (Å²) < 4.78 is 41.2. The lowest BCUT2D eigenvalue weighted by Gasteiger charge is -2.11. The molecule has 170 valence electrons. The molecule has 0 unspecified atom stereocenters. The van der Waals surface area contributed by atoms with E-state index in [0.29, 0.717) is 35.5 Å². The van der Waals surface area contributed by atoms with Crippen molar-refractivity contribution in [2.75, 3.05) is 11.3 Å². The van der Waals surface area contributed by atoms with Crippen LogP contribution in [0.5, 0.6) is 17.4 Å². The van der Waals surface area contributed by atoms with Crippen molar-refractivity contribution in [2.45, 2.75) is 24.7 Å². The Bertz CT molecular complexity index is 1270. The fourth-order valence-electron chi connectivity index (χ4n) is 2.99. The Balaban J connectivity index is 1.39. The molecule has 4 aromatic rings. The predicted octanol–water partition coefficient (Wildman–Crippen LogP) is 5.04. The number of unbranched alkanes of at least 4 members (excludes halogenated alkanes) is 1. The number of ether oxygens (including phenoxy) is 2. The van der Waals surface area contributed by atoms with Gasteiger partial charge in [-0.15, -0.1) is 0 Å². The number of anilines is 1. The van der Waals surface area contributed by atoms with Crippen molar-refractivity contribution >= 4 is 15.7 Å². The van der Waals surface area contributed by atoms with Crippen molar-refractivity contribution in [3.8, 4) is 23.2 Å². The number of hydrogen-bond acceptors (Lipinski definition) is 6. The second-order valence-electron chi connectivity index (χ2n) is 7.21. The summed E-state index contributed by atoms with van der Waals surface area (Å²) in [6.07, 6.45) is 7.16. The Kier molecular flexibility index (Phi) is 6.89. The fraction of sp³-hybridized carbons (Fsp3) is 0.167. The van der Waals surface area contributed by atoms with Gasteiger partial charge in [0, 0.05) is 24.1 Å². The molecule has 2 heterocycles. The van der Waals surface area contributed by atoms with Crippen molar-refractivity contribution in [2.24, 2.45) is 0 Å². The largest absolute Gasteiger partial charge is 0.494 e. The van der Waals surface area contributed by atoms with Gasteiger partial charge in [-0.3, -0.25) is 4.72 Å². The van der Waals surface area contributed by atoms with Gasteiger partial charge in [0.2, 0.25) is 5.88 Å². The number of aromatic nitrogens is 3. The molecule has 0 fully saturated rings. The first-order chi connectivity index (χ1) is 16.0. The summed E-state index contributed by atoms with van der Waals surface area (Å²) in [4.78, 5) is 8.50. The average molecular weight is 465 g/mol. The highest BCUT2D eigenvalue weighted by atomic mass is 32.2. The molecule has 1 N–H and O–H groups in total. The van der Waals surface area contributed by atoms with Gasteiger partial charge in [-0.1, -0.05) is 13.3 Å². The van der Waals surface area contributed by atoms with Gasteiger partial charge in [0.05, 0.1) is 11.5 Å². The highest BCUT2D eigenvalue weighted by Crippen LogP contribution is 2.24. The average Bonchev–Trinajstić information content (AvgIpc) is 3.36. The van der Waals surface area contributed by atoms with Gasteiger partial charge >= 0.3 is 0 Å². The zero-order valence-corrected chi connectivity index (χ0v) is 18.9. The third-order valence-electron chi connectivity index (χ3n) is 4.73. The summed E-state index contributed by atoms with van der Waals surface area (Å²) in [5, 5.41) is 0. The lowest BCUT2D eigenvalue weighted by Crippen LogP contribution is -2.12. The first kappa shape index (κ1) is 22.3. The van der Waals surface area contributed by atoms with Gasteiger partial charge in [0.15, 0.2) is 0 Å². The van der Waals surface area contributed by atoms with Gasteiger partial charge < -0.3 is 14.0 Å². The summed E-state index contributed by atoms with van der Waals surface area (Å²) in [6, 6.07) is 18.5. The predicted molar refractivity (Wildman–Crippen MR) is 126 cm³/mol. The van der Waals surface area contributed by atoms with E-state index in [1.807, 2.05) is 29.1 Å². The number of hydrogen-bond donors (Lipinski definition) is 1. The lowest BCUT2D eigenvalue weighted by molar-refractivity contribution is 0.309. The van der Waals surface area contributed by atoms with Gasteiger partial charge in [0.1, 0.15) is 23.6 Å². The van der Waals surface area contributed by atoms with Gasteiger partial charge in [0.25, 0.3) is 10.0 Å². The molecule has 4 rings (SSSR count). The molecule has 8 nitrogen and oxygen atoms in total. The van der Waals surface area contributed by atoms with Gasteiger partial charge in [-0.2, -0.15) is 0 Å². The number of sulfonamides is 1. The second kappa shape index (κ2) is 10.2. The van der Waals surface area contributed by atoms with Crippen LogP contribution in [0.2, 0.25) is 0 Å². The molecule has 0 saturated carbocycles. The van der Waals surface area contributed by atoms with Crippen LogP contribution < -0.4 is 14.2 Å². The molecule has 2 aromatic heterocycles. The van der Waals surface area contributed by atoms with Crippen LogP contribution in [-0.2, 0) is 10.0 Å². The lowest BCUT2D eigenvalue weighted by atomic mass is 10.3. The monoisotopic (exact) mass is 464 g/mol. The maximum absolute atomic E-state index is 12.7. The smallest absolute Gasteiger partial charge is 0.261 e. The zero-order chi connectivity index (χ0) is 23.1. The van der Waals surface area contributed by atoms with E-state index >= 15 is 0 Å². The molecule has 0 radical (unpaired) electrons. The van der Waals surface area contributed by atoms with Crippen LogP contribution in [0.4, 0.5) is 5.69 Å². The Hall–Kier alpha value is -3.85.